The van der Waals surface area contributed by atoms with Gasteiger partial charge in [-0.1, -0.05) is 6.07 Å². The van der Waals surface area contributed by atoms with Crippen molar-refractivity contribution in [1.82, 2.24) is 15.0 Å². The van der Waals surface area contributed by atoms with Crippen molar-refractivity contribution in [3.63, 3.8) is 0 Å². The molecular weight excluding hydrogens is 490 g/mol. The SMILES string of the molecule is COc1cnc2c(-c3nc4ccc(OCCOC(=O)Nc5cccc(C#N)c5)cc4s3)cc(C)cc2n1. The second-order valence-electron chi connectivity index (χ2n) is 8.04. The summed E-state index contributed by atoms with van der Waals surface area (Å²) < 4.78 is 17.1. The van der Waals surface area contributed by atoms with E-state index in [4.69, 9.17) is 24.5 Å². The number of nitriles is 1. The summed E-state index contributed by atoms with van der Waals surface area (Å²) in [5.74, 6) is 1.11. The Morgan fingerprint density at radius 1 is 1.08 bits per heavy atom. The maximum atomic E-state index is 12.0. The first-order valence-electron chi connectivity index (χ1n) is 11.3. The fourth-order valence-electron chi connectivity index (χ4n) is 3.73. The molecule has 0 spiro atoms. The number of amides is 1. The number of hydrogen-bond donors (Lipinski definition) is 1. The number of rotatable bonds is 7. The Kier molecular flexibility index (Phi) is 6.78. The van der Waals surface area contributed by atoms with Gasteiger partial charge < -0.3 is 14.2 Å². The molecule has 184 valence electrons. The van der Waals surface area contributed by atoms with Gasteiger partial charge in [0.25, 0.3) is 0 Å². The van der Waals surface area contributed by atoms with Crippen molar-refractivity contribution in [1.29, 1.82) is 5.26 Å². The molecule has 0 aliphatic carbocycles. The van der Waals surface area contributed by atoms with E-state index in [0.717, 1.165) is 37.4 Å². The number of anilines is 1. The van der Waals surface area contributed by atoms with Crippen molar-refractivity contribution < 1.29 is 19.0 Å². The third-order valence-corrected chi connectivity index (χ3v) is 6.44. The van der Waals surface area contributed by atoms with Crippen molar-refractivity contribution >= 4 is 44.4 Å². The molecule has 3 aromatic carbocycles. The zero-order chi connectivity index (χ0) is 25.8. The highest BCUT2D eigenvalue weighted by atomic mass is 32.1. The second-order valence-corrected chi connectivity index (χ2v) is 9.07. The molecule has 1 N–H and O–H groups in total. The first kappa shape index (κ1) is 24.0. The lowest BCUT2D eigenvalue weighted by Gasteiger charge is -2.08. The number of ether oxygens (including phenoxy) is 3. The first-order valence-corrected chi connectivity index (χ1v) is 12.1. The van der Waals surface area contributed by atoms with Gasteiger partial charge in [-0.05, 0) is 61.0 Å². The minimum atomic E-state index is -0.618. The van der Waals surface area contributed by atoms with Gasteiger partial charge in [0.15, 0.2) is 0 Å². The zero-order valence-corrected chi connectivity index (χ0v) is 20.8. The third kappa shape index (κ3) is 5.42. The quantitative estimate of drug-likeness (QED) is 0.276. The molecule has 0 aliphatic rings. The van der Waals surface area contributed by atoms with Gasteiger partial charge in [-0.2, -0.15) is 5.26 Å². The number of benzene rings is 3. The minimum absolute atomic E-state index is 0.0627. The summed E-state index contributed by atoms with van der Waals surface area (Å²) in [7, 11) is 1.57. The average Bonchev–Trinajstić information content (AvgIpc) is 3.33. The van der Waals surface area contributed by atoms with E-state index in [2.05, 4.69) is 21.4 Å². The zero-order valence-electron chi connectivity index (χ0n) is 20.0. The second kappa shape index (κ2) is 10.5. The minimum Gasteiger partial charge on any atom is -0.490 e. The van der Waals surface area contributed by atoms with E-state index in [9.17, 15) is 4.79 Å². The molecule has 0 unspecified atom stereocenters. The average molecular weight is 512 g/mol. The number of aryl methyl sites for hydroxylation is 1. The number of nitrogens with one attached hydrogen (secondary N) is 1. The smallest absolute Gasteiger partial charge is 0.411 e. The highest BCUT2D eigenvalue weighted by molar-refractivity contribution is 7.21. The monoisotopic (exact) mass is 511 g/mol. The van der Waals surface area contributed by atoms with Gasteiger partial charge >= 0.3 is 6.09 Å². The predicted octanol–water partition coefficient (Wildman–Crippen LogP) is 5.72. The Morgan fingerprint density at radius 3 is 2.81 bits per heavy atom. The molecule has 37 heavy (non-hydrogen) atoms. The molecular formula is C27H21N5O4S. The molecule has 10 heteroatoms. The highest BCUT2D eigenvalue weighted by Gasteiger charge is 2.14. The lowest BCUT2D eigenvalue weighted by atomic mass is 10.1. The molecule has 5 rings (SSSR count). The lowest BCUT2D eigenvalue weighted by molar-refractivity contribution is 0.138. The molecule has 9 nitrogen and oxygen atoms in total. The molecule has 0 radical (unpaired) electrons. The van der Waals surface area contributed by atoms with Gasteiger partial charge in [0, 0.05) is 11.3 Å². The molecule has 2 aromatic heterocycles. The van der Waals surface area contributed by atoms with Crippen molar-refractivity contribution in [3.8, 4) is 28.3 Å². The van der Waals surface area contributed by atoms with Crippen LogP contribution in [0.1, 0.15) is 11.1 Å². The fourth-order valence-corrected chi connectivity index (χ4v) is 4.74. The molecule has 0 atom stereocenters. The lowest BCUT2D eigenvalue weighted by Crippen LogP contribution is -2.17. The van der Waals surface area contributed by atoms with Crippen molar-refractivity contribution in [2.24, 2.45) is 0 Å². The Hall–Kier alpha value is -4.75. The van der Waals surface area contributed by atoms with Crippen LogP contribution in [0.2, 0.25) is 0 Å². The van der Waals surface area contributed by atoms with Crippen molar-refractivity contribution in [3.05, 3.63) is 71.9 Å². The fraction of sp³-hybridized carbons (Fsp3) is 0.148. The van der Waals surface area contributed by atoms with Gasteiger partial charge in [-0.15, -0.1) is 11.3 Å². The Morgan fingerprint density at radius 2 is 1.97 bits per heavy atom. The van der Waals surface area contributed by atoms with Crippen LogP contribution in [-0.2, 0) is 4.74 Å². The molecule has 0 saturated carbocycles. The van der Waals surface area contributed by atoms with Crippen LogP contribution in [0.3, 0.4) is 0 Å². The number of aromatic nitrogens is 3. The number of fused-ring (bicyclic) bond motifs is 2. The summed E-state index contributed by atoms with van der Waals surface area (Å²) in [4.78, 5) is 25.9. The number of nitrogens with zero attached hydrogens (tertiary/aromatic N) is 4. The molecule has 5 aromatic rings. The highest BCUT2D eigenvalue weighted by Crippen LogP contribution is 2.36. The summed E-state index contributed by atoms with van der Waals surface area (Å²) in [6.45, 7) is 2.25. The molecule has 0 bridgehead atoms. The van der Waals surface area contributed by atoms with Crippen LogP contribution < -0.4 is 14.8 Å². The molecule has 1 amide bonds. The van der Waals surface area contributed by atoms with Crippen LogP contribution in [0.4, 0.5) is 10.5 Å². The van der Waals surface area contributed by atoms with Crippen LogP contribution in [0, 0.1) is 18.3 Å². The van der Waals surface area contributed by atoms with Gasteiger partial charge in [-0.3, -0.25) is 5.32 Å². The molecule has 0 saturated heterocycles. The van der Waals surface area contributed by atoms with Gasteiger partial charge in [0.1, 0.15) is 24.0 Å². The third-order valence-electron chi connectivity index (χ3n) is 5.39. The Balaban J connectivity index is 1.24. The normalized spacial score (nSPS) is 10.7. The number of hydrogen-bond acceptors (Lipinski definition) is 9. The van der Waals surface area contributed by atoms with Crippen LogP contribution in [-0.4, -0.2) is 41.4 Å². The van der Waals surface area contributed by atoms with E-state index in [1.807, 2.05) is 37.3 Å². The predicted molar refractivity (Wildman–Crippen MR) is 141 cm³/mol. The van der Waals surface area contributed by atoms with Crippen molar-refractivity contribution in [2.45, 2.75) is 6.92 Å². The maximum absolute atomic E-state index is 12.0. The van der Waals surface area contributed by atoms with Crippen LogP contribution >= 0.6 is 11.3 Å². The van der Waals surface area contributed by atoms with Crippen LogP contribution in [0.15, 0.2) is 60.8 Å². The summed E-state index contributed by atoms with van der Waals surface area (Å²) in [6, 6.07) is 18.3. The largest absolute Gasteiger partial charge is 0.490 e. The van der Waals surface area contributed by atoms with Gasteiger partial charge in [0.2, 0.25) is 5.88 Å². The summed E-state index contributed by atoms with van der Waals surface area (Å²) >= 11 is 1.54. The number of carbonyl (C=O) groups excluding carboxylic acids is 1. The maximum Gasteiger partial charge on any atom is 0.411 e. The van der Waals surface area contributed by atoms with E-state index in [1.54, 1.807) is 37.6 Å². The van der Waals surface area contributed by atoms with Crippen LogP contribution in [0.5, 0.6) is 11.6 Å². The van der Waals surface area contributed by atoms with E-state index in [1.165, 1.54) is 11.3 Å². The van der Waals surface area contributed by atoms with Crippen LogP contribution in [0.25, 0.3) is 31.8 Å². The Bertz CT molecular complexity index is 1660. The van der Waals surface area contributed by atoms with E-state index >= 15 is 0 Å². The number of carbonyl (C=O) groups is 1. The van der Waals surface area contributed by atoms with Gasteiger partial charge in [0.05, 0.1) is 46.2 Å². The Labute approximate surface area is 216 Å². The van der Waals surface area contributed by atoms with E-state index in [-0.39, 0.29) is 13.2 Å². The number of methoxy groups -OCH3 is 1. The first-order chi connectivity index (χ1) is 18.0. The topological polar surface area (TPSA) is 119 Å². The summed E-state index contributed by atoms with van der Waals surface area (Å²) in [5, 5.41) is 12.4. The standard InChI is InChI=1S/C27H21N5O4S/c1-16-10-20(25-22(11-16)31-24(34-2)15-29-25)26-32-21-7-6-19(13-23(21)37-26)35-8-9-36-27(33)30-18-5-3-4-17(12-18)14-28/h3-7,10-13,15H,8-9H2,1-2H3,(H,30,33). The van der Waals surface area contributed by atoms with Crippen molar-refractivity contribution in [2.75, 3.05) is 25.6 Å². The molecule has 0 fully saturated rings. The number of thiazole rings is 1. The van der Waals surface area contributed by atoms with E-state index in [0.29, 0.717) is 22.9 Å². The summed E-state index contributed by atoms with van der Waals surface area (Å²) in [5.41, 5.74) is 5.26. The van der Waals surface area contributed by atoms with E-state index < -0.39 is 6.09 Å². The molecule has 0 aliphatic heterocycles. The van der Waals surface area contributed by atoms with Gasteiger partial charge in [-0.25, -0.2) is 19.7 Å². The summed E-state index contributed by atoms with van der Waals surface area (Å²) in [6.07, 6.45) is 0.985. The molecule has 2 heterocycles.